The molecule has 0 spiro atoms. The molecule has 6 nitrogen and oxygen atoms in total. The van der Waals surface area contributed by atoms with Gasteiger partial charge in [-0.1, -0.05) is 0 Å². The van der Waals surface area contributed by atoms with Gasteiger partial charge in [-0.3, -0.25) is 14.5 Å². The normalized spacial score (nSPS) is 18.4. The molecule has 3 heterocycles. The Morgan fingerprint density at radius 1 is 1.45 bits per heavy atom. The van der Waals surface area contributed by atoms with E-state index in [0.717, 1.165) is 30.6 Å². The SMILES string of the molecule is Cn1cc(C2CCCN2c2ccncc2C(N)=O)cn1. The Bertz CT molecular complexity index is 636. The van der Waals surface area contributed by atoms with E-state index in [1.54, 1.807) is 10.9 Å². The van der Waals surface area contributed by atoms with Gasteiger partial charge in [0, 0.05) is 37.7 Å². The smallest absolute Gasteiger partial charge is 0.252 e. The van der Waals surface area contributed by atoms with E-state index >= 15 is 0 Å². The van der Waals surface area contributed by atoms with Crippen LogP contribution in [0.3, 0.4) is 0 Å². The van der Waals surface area contributed by atoms with Gasteiger partial charge in [-0.15, -0.1) is 0 Å². The summed E-state index contributed by atoms with van der Waals surface area (Å²) in [4.78, 5) is 17.8. The van der Waals surface area contributed by atoms with Crippen LogP contribution in [0.5, 0.6) is 0 Å². The summed E-state index contributed by atoms with van der Waals surface area (Å²) in [6.45, 7) is 0.907. The minimum atomic E-state index is -0.440. The van der Waals surface area contributed by atoms with Crippen molar-refractivity contribution in [3.05, 3.63) is 42.0 Å². The Balaban J connectivity index is 1.99. The monoisotopic (exact) mass is 271 g/mol. The number of carbonyl (C=O) groups is 1. The maximum Gasteiger partial charge on any atom is 0.252 e. The van der Waals surface area contributed by atoms with Crippen LogP contribution in [-0.4, -0.2) is 27.2 Å². The number of hydrogen-bond donors (Lipinski definition) is 1. The van der Waals surface area contributed by atoms with Gasteiger partial charge in [-0.2, -0.15) is 5.10 Å². The molecule has 1 aliphatic heterocycles. The summed E-state index contributed by atoms with van der Waals surface area (Å²) < 4.78 is 1.80. The molecule has 0 saturated carbocycles. The molecule has 2 aromatic rings. The fourth-order valence-corrected chi connectivity index (χ4v) is 2.84. The maximum atomic E-state index is 11.6. The average Bonchev–Trinajstić information content (AvgIpc) is 3.06. The number of amides is 1. The zero-order valence-electron chi connectivity index (χ0n) is 11.4. The van der Waals surface area contributed by atoms with E-state index in [2.05, 4.69) is 15.0 Å². The predicted octanol–water partition coefficient (Wildman–Crippen LogP) is 1.26. The Kier molecular flexibility index (Phi) is 3.14. The fraction of sp³-hybridized carbons (Fsp3) is 0.357. The second-order valence-electron chi connectivity index (χ2n) is 5.06. The lowest BCUT2D eigenvalue weighted by molar-refractivity contribution is 0.100. The Labute approximate surface area is 117 Å². The molecule has 6 heteroatoms. The lowest BCUT2D eigenvalue weighted by Crippen LogP contribution is -2.26. The largest absolute Gasteiger partial charge is 0.365 e. The topological polar surface area (TPSA) is 77.0 Å². The molecule has 1 amide bonds. The number of carbonyl (C=O) groups excluding carboxylic acids is 1. The average molecular weight is 271 g/mol. The van der Waals surface area contributed by atoms with Crippen LogP contribution < -0.4 is 10.6 Å². The van der Waals surface area contributed by atoms with E-state index in [9.17, 15) is 4.79 Å². The van der Waals surface area contributed by atoms with Crippen molar-refractivity contribution in [3.63, 3.8) is 0 Å². The second kappa shape index (κ2) is 4.96. The molecule has 1 unspecified atom stereocenters. The van der Waals surface area contributed by atoms with Gasteiger partial charge in [0.15, 0.2) is 0 Å². The molecule has 1 atom stereocenters. The van der Waals surface area contributed by atoms with Crippen LogP contribution >= 0.6 is 0 Å². The van der Waals surface area contributed by atoms with Crippen molar-refractivity contribution < 1.29 is 4.79 Å². The molecule has 2 N–H and O–H groups in total. The van der Waals surface area contributed by atoms with Crippen molar-refractivity contribution in [1.29, 1.82) is 0 Å². The minimum Gasteiger partial charge on any atom is -0.365 e. The number of nitrogens with two attached hydrogens (primary N) is 1. The lowest BCUT2D eigenvalue weighted by Gasteiger charge is -2.27. The van der Waals surface area contributed by atoms with Crippen LogP contribution in [0.2, 0.25) is 0 Å². The molecule has 0 aromatic carbocycles. The summed E-state index contributed by atoms with van der Waals surface area (Å²) in [5.41, 5.74) is 7.95. The molecule has 3 rings (SSSR count). The number of aryl methyl sites for hydroxylation is 1. The minimum absolute atomic E-state index is 0.240. The summed E-state index contributed by atoms with van der Waals surface area (Å²) in [5, 5.41) is 4.23. The highest BCUT2D eigenvalue weighted by Gasteiger charge is 2.29. The highest BCUT2D eigenvalue weighted by molar-refractivity contribution is 5.98. The zero-order chi connectivity index (χ0) is 14.1. The fourth-order valence-electron chi connectivity index (χ4n) is 2.84. The van der Waals surface area contributed by atoms with Crippen molar-refractivity contribution in [2.75, 3.05) is 11.4 Å². The van der Waals surface area contributed by atoms with Gasteiger partial charge in [0.05, 0.1) is 23.5 Å². The first-order valence-corrected chi connectivity index (χ1v) is 6.66. The number of primary amides is 1. The molecular formula is C14H17N5O. The number of pyridine rings is 1. The first-order chi connectivity index (χ1) is 9.66. The third-order valence-electron chi connectivity index (χ3n) is 3.74. The molecule has 0 aliphatic carbocycles. The number of nitrogens with zero attached hydrogens (tertiary/aromatic N) is 4. The summed E-state index contributed by atoms with van der Waals surface area (Å²) in [6.07, 6.45) is 9.27. The standard InChI is InChI=1S/C14H17N5O/c1-18-9-10(7-17-18)12-3-2-6-19(12)13-4-5-16-8-11(13)14(15)20/h4-5,7-9,12H,2-3,6H2,1H3,(H2,15,20). The van der Waals surface area contributed by atoms with Crippen molar-refractivity contribution in [1.82, 2.24) is 14.8 Å². The number of rotatable bonds is 3. The predicted molar refractivity (Wildman–Crippen MR) is 75.3 cm³/mol. The van der Waals surface area contributed by atoms with E-state index in [1.807, 2.05) is 25.5 Å². The quantitative estimate of drug-likeness (QED) is 0.911. The van der Waals surface area contributed by atoms with Gasteiger partial charge >= 0.3 is 0 Å². The second-order valence-corrected chi connectivity index (χ2v) is 5.06. The third-order valence-corrected chi connectivity index (χ3v) is 3.74. The molecule has 1 fully saturated rings. The Hall–Kier alpha value is -2.37. The summed E-state index contributed by atoms with van der Waals surface area (Å²) in [6, 6.07) is 2.10. The molecule has 104 valence electrons. The first kappa shape index (κ1) is 12.7. The van der Waals surface area contributed by atoms with E-state index in [-0.39, 0.29) is 6.04 Å². The molecule has 0 bridgehead atoms. The van der Waals surface area contributed by atoms with Crippen LogP contribution in [0.1, 0.15) is 34.8 Å². The van der Waals surface area contributed by atoms with Crippen molar-refractivity contribution in [2.24, 2.45) is 12.8 Å². The van der Waals surface area contributed by atoms with E-state index in [4.69, 9.17) is 5.73 Å². The number of hydrogen-bond acceptors (Lipinski definition) is 4. The lowest BCUT2D eigenvalue weighted by atomic mass is 10.1. The van der Waals surface area contributed by atoms with Gasteiger partial charge in [0.1, 0.15) is 0 Å². The Morgan fingerprint density at radius 3 is 3.00 bits per heavy atom. The van der Waals surface area contributed by atoms with Gasteiger partial charge in [-0.05, 0) is 18.9 Å². The van der Waals surface area contributed by atoms with Gasteiger partial charge in [-0.25, -0.2) is 0 Å². The van der Waals surface area contributed by atoms with Gasteiger partial charge in [0.25, 0.3) is 5.91 Å². The molecule has 1 saturated heterocycles. The van der Waals surface area contributed by atoms with Gasteiger partial charge in [0.2, 0.25) is 0 Å². The third kappa shape index (κ3) is 2.13. The van der Waals surface area contributed by atoms with Crippen molar-refractivity contribution >= 4 is 11.6 Å². The number of anilines is 1. The molecule has 1 aliphatic rings. The van der Waals surface area contributed by atoms with Crippen molar-refractivity contribution in [2.45, 2.75) is 18.9 Å². The van der Waals surface area contributed by atoms with Crippen LogP contribution in [0.25, 0.3) is 0 Å². The van der Waals surface area contributed by atoms with Crippen molar-refractivity contribution in [3.8, 4) is 0 Å². The van der Waals surface area contributed by atoms with Crippen LogP contribution in [0, 0.1) is 0 Å². The molecule has 20 heavy (non-hydrogen) atoms. The van der Waals surface area contributed by atoms with Crippen LogP contribution in [-0.2, 0) is 7.05 Å². The van der Waals surface area contributed by atoms with Crippen LogP contribution in [0.4, 0.5) is 5.69 Å². The zero-order valence-corrected chi connectivity index (χ0v) is 11.4. The van der Waals surface area contributed by atoms with E-state index in [1.165, 1.54) is 6.20 Å². The van der Waals surface area contributed by atoms with E-state index < -0.39 is 5.91 Å². The highest BCUT2D eigenvalue weighted by Crippen LogP contribution is 2.37. The highest BCUT2D eigenvalue weighted by atomic mass is 16.1. The van der Waals surface area contributed by atoms with Crippen LogP contribution in [0.15, 0.2) is 30.9 Å². The number of aromatic nitrogens is 3. The summed E-state index contributed by atoms with van der Waals surface area (Å²) in [5.74, 6) is -0.440. The van der Waals surface area contributed by atoms with E-state index in [0.29, 0.717) is 5.56 Å². The summed E-state index contributed by atoms with van der Waals surface area (Å²) >= 11 is 0. The molecule has 2 aromatic heterocycles. The Morgan fingerprint density at radius 2 is 2.30 bits per heavy atom. The maximum absolute atomic E-state index is 11.6. The molecule has 0 radical (unpaired) electrons. The molecular weight excluding hydrogens is 254 g/mol. The van der Waals surface area contributed by atoms with Gasteiger partial charge < -0.3 is 10.6 Å². The summed E-state index contributed by atoms with van der Waals surface area (Å²) in [7, 11) is 1.91. The first-order valence-electron chi connectivity index (χ1n) is 6.66.